The molecular weight excluding hydrogens is 258 g/mol. The maximum Gasteiger partial charge on any atom is 0.321 e. The van der Waals surface area contributed by atoms with Crippen molar-refractivity contribution in [1.29, 1.82) is 0 Å². The van der Waals surface area contributed by atoms with E-state index in [-0.39, 0.29) is 11.9 Å². The van der Waals surface area contributed by atoms with E-state index in [0.717, 1.165) is 5.69 Å². The molecule has 2 aromatic heterocycles. The lowest BCUT2D eigenvalue weighted by Gasteiger charge is -2.16. The molecule has 0 bridgehead atoms. The Hall–Kier alpha value is -2.24. The van der Waals surface area contributed by atoms with Gasteiger partial charge in [0.1, 0.15) is 5.41 Å². The van der Waals surface area contributed by atoms with Crippen LogP contribution >= 0.6 is 0 Å². The predicted molar refractivity (Wildman–Crippen MR) is 71.0 cm³/mol. The van der Waals surface area contributed by atoms with E-state index in [4.69, 9.17) is 9.26 Å². The van der Waals surface area contributed by atoms with Crippen LogP contribution in [-0.4, -0.2) is 27.7 Å². The van der Waals surface area contributed by atoms with Crippen molar-refractivity contribution >= 4 is 5.97 Å². The number of hydrogen-bond acceptors (Lipinski definition) is 6. The third kappa shape index (κ3) is 3.01. The fourth-order valence-corrected chi connectivity index (χ4v) is 1.64. The van der Waals surface area contributed by atoms with Gasteiger partial charge in [-0.25, -0.2) is 0 Å². The maximum atomic E-state index is 11.9. The lowest BCUT2D eigenvalue weighted by molar-refractivity contribution is -0.149. The van der Waals surface area contributed by atoms with Crippen LogP contribution in [0.3, 0.4) is 0 Å². The lowest BCUT2D eigenvalue weighted by Crippen LogP contribution is -2.31. The van der Waals surface area contributed by atoms with Crippen LogP contribution in [0.4, 0.5) is 0 Å². The van der Waals surface area contributed by atoms with E-state index >= 15 is 0 Å². The number of ether oxygens (including phenoxy) is 1. The zero-order valence-electron chi connectivity index (χ0n) is 11.8. The number of pyridine rings is 1. The molecular formula is C14H17N3O3. The molecule has 6 nitrogen and oxygen atoms in total. The quantitative estimate of drug-likeness (QED) is 0.775. The van der Waals surface area contributed by atoms with Gasteiger partial charge in [-0.2, -0.15) is 4.98 Å². The Labute approximate surface area is 117 Å². The second-order valence-corrected chi connectivity index (χ2v) is 4.86. The maximum absolute atomic E-state index is 11.9. The van der Waals surface area contributed by atoms with Gasteiger partial charge in [0, 0.05) is 11.9 Å². The van der Waals surface area contributed by atoms with Gasteiger partial charge in [0.2, 0.25) is 5.89 Å². The first-order valence-electron chi connectivity index (χ1n) is 6.44. The predicted octanol–water partition coefficient (Wildman–Crippen LogP) is 1.90. The largest absolute Gasteiger partial charge is 0.465 e. The van der Waals surface area contributed by atoms with E-state index in [1.54, 1.807) is 27.0 Å². The minimum Gasteiger partial charge on any atom is -0.465 e. The number of rotatable bonds is 5. The molecule has 0 radical (unpaired) electrons. The van der Waals surface area contributed by atoms with E-state index < -0.39 is 5.41 Å². The summed E-state index contributed by atoms with van der Waals surface area (Å²) in [6.07, 6.45) is 2.17. The first-order valence-corrected chi connectivity index (χ1v) is 6.44. The Morgan fingerprint density at radius 2 is 2.20 bits per heavy atom. The highest BCUT2D eigenvalue weighted by atomic mass is 16.5. The van der Waals surface area contributed by atoms with Gasteiger partial charge in [-0.15, -0.1) is 0 Å². The number of nitrogens with zero attached hydrogens (tertiary/aromatic N) is 3. The van der Waals surface area contributed by atoms with Crippen LogP contribution < -0.4 is 0 Å². The van der Waals surface area contributed by atoms with E-state index in [9.17, 15) is 4.79 Å². The van der Waals surface area contributed by atoms with Crippen molar-refractivity contribution < 1.29 is 14.1 Å². The molecule has 0 amide bonds. The first-order chi connectivity index (χ1) is 9.54. The highest BCUT2D eigenvalue weighted by Crippen LogP contribution is 2.23. The number of esters is 1. The molecule has 106 valence electrons. The second kappa shape index (κ2) is 5.81. The van der Waals surface area contributed by atoms with Crippen LogP contribution in [-0.2, 0) is 21.4 Å². The Bertz CT molecular complexity index is 578. The molecule has 0 aromatic carbocycles. The lowest BCUT2D eigenvalue weighted by atomic mass is 9.94. The standard InChI is InChI=1S/C14H17N3O3/c1-4-19-13(18)14(2,3)12-16-11(17-20-12)9-10-7-5-6-8-15-10/h5-8H,4,9H2,1-3H3. The van der Waals surface area contributed by atoms with Crippen LogP contribution in [0.2, 0.25) is 0 Å². The average molecular weight is 275 g/mol. The number of carbonyl (C=O) groups excluding carboxylic acids is 1. The summed E-state index contributed by atoms with van der Waals surface area (Å²) in [6.45, 7) is 5.47. The summed E-state index contributed by atoms with van der Waals surface area (Å²) in [6, 6.07) is 5.62. The van der Waals surface area contributed by atoms with E-state index in [1.807, 2.05) is 18.2 Å². The Morgan fingerprint density at radius 1 is 1.40 bits per heavy atom. The van der Waals surface area contributed by atoms with Gasteiger partial charge in [0.15, 0.2) is 5.82 Å². The van der Waals surface area contributed by atoms with Gasteiger partial charge in [-0.1, -0.05) is 11.2 Å². The van der Waals surface area contributed by atoms with Crippen molar-refractivity contribution in [2.24, 2.45) is 0 Å². The topological polar surface area (TPSA) is 78.1 Å². The van der Waals surface area contributed by atoms with Crippen molar-refractivity contribution in [3.63, 3.8) is 0 Å². The van der Waals surface area contributed by atoms with Gasteiger partial charge >= 0.3 is 5.97 Å². The molecule has 0 aliphatic carbocycles. The van der Waals surface area contributed by atoms with Gasteiger partial charge in [0.25, 0.3) is 0 Å². The second-order valence-electron chi connectivity index (χ2n) is 4.86. The van der Waals surface area contributed by atoms with Crippen LogP contribution in [0, 0.1) is 0 Å². The fourth-order valence-electron chi connectivity index (χ4n) is 1.64. The summed E-state index contributed by atoms with van der Waals surface area (Å²) in [5.74, 6) is 0.367. The summed E-state index contributed by atoms with van der Waals surface area (Å²) < 4.78 is 10.2. The SMILES string of the molecule is CCOC(=O)C(C)(C)c1nc(Cc2ccccn2)no1. The molecule has 2 aromatic rings. The highest BCUT2D eigenvalue weighted by Gasteiger charge is 2.37. The molecule has 0 N–H and O–H groups in total. The van der Waals surface area contributed by atoms with Crippen molar-refractivity contribution in [3.8, 4) is 0 Å². The normalized spacial score (nSPS) is 11.3. The van der Waals surface area contributed by atoms with Crippen LogP contribution in [0.1, 0.15) is 38.2 Å². The third-order valence-corrected chi connectivity index (χ3v) is 2.85. The fraction of sp³-hybridized carbons (Fsp3) is 0.429. The Balaban J connectivity index is 2.14. The molecule has 2 heterocycles. The number of hydrogen-bond donors (Lipinski definition) is 0. The van der Waals surface area contributed by atoms with Crippen LogP contribution in [0.15, 0.2) is 28.9 Å². The van der Waals surface area contributed by atoms with Gasteiger partial charge in [-0.05, 0) is 32.9 Å². The minimum atomic E-state index is -0.953. The molecule has 6 heteroatoms. The van der Waals surface area contributed by atoms with Crippen molar-refractivity contribution in [2.75, 3.05) is 6.61 Å². The van der Waals surface area contributed by atoms with Crippen LogP contribution in [0.25, 0.3) is 0 Å². The molecule has 0 unspecified atom stereocenters. The van der Waals surface area contributed by atoms with Crippen LogP contribution in [0.5, 0.6) is 0 Å². The number of carbonyl (C=O) groups is 1. The molecule has 0 saturated heterocycles. The van der Waals surface area contributed by atoms with E-state index in [1.165, 1.54) is 0 Å². The average Bonchev–Trinajstić information content (AvgIpc) is 2.89. The molecule has 0 aliphatic heterocycles. The molecule has 0 saturated carbocycles. The zero-order valence-corrected chi connectivity index (χ0v) is 11.8. The molecule has 0 spiro atoms. The van der Waals surface area contributed by atoms with Crippen molar-refractivity contribution in [2.45, 2.75) is 32.6 Å². The van der Waals surface area contributed by atoms with Crippen molar-refractivity contribution in [3.05, 3.63) is 41.8 Å². The van der Waals surface area contributed by atoms with E-state index in [2.05, 4.69) is 15.1 Å². The molecule has 20 heavy (non-hydrogen) atoms. The van der Waals surface area contributed by atoms with Gasteiger partial charge in [-0.3, -0.25) is 9.78 Å². The van der Waals surface area contributed by atoms with Gasteiger partial charge < -0.3 is 9.26 Å². The Morgan fingerprint density at radius 3 is 2.85 bits per heavy atom. The summed E-state index contributed by atoms with van der Waals surface area (Å²) in [5, 5.41) is 3.89. The first kappa shape index (κ1) is 14.2. The monoisotopic (exact) mass is 275 g/mol. The summed E-state index contributed by atoms with van der Waals surface area (Å²) in [7, 11) is 0. The highest BCUT2D eigenvalue weighted by molar-refractivity contribution is 5.80. The van der Waals surface area contributed by atoms with Crippen molar-refractivity contribution in [1.82, 2.24) is 15.1 Å². The van der Waals surface area contributed by atoms with E-state index in [0.29, 0.717) is 18.9 Å². The Kier molecular flexibility index (Phi) is 4.12. The summed E-state index contributed by atoms with van der Waals surface area (Å²) in [4.78, 5) is 20.3. The molecule has 0 aliphatic rings. The summed E-state index contributed by atoms with van der Waals surface area (Å²) >= 11 is 0. The number of aromatic nitrogens is 3. The smallest absolute Gasteiger partial charge is 0.321 e. The molecule has 0 atom stereocenters. The zero-order chi connectivity index (χ0) is 14.6. The molecule has 2 rings (SSSR count). The minimum absolute atomic E-state index is 0.252. The summed E-state index contributed by atoms with van der Waals surface area (Å²) in [5.41, 5.74) is -0.112. The van der Waals surface area contributed by atoms with Gasteiger partial charge in [0.05, 0.1) is 13.0 Å². The molecule has 0 fully saturated rings. The third-order valence-electron chi connectivity index (χ3n) is 2.85.